The van der Waals surface area contributed by atoms with Crippen LogP contribution in [0.3, 0.4) is 0 Å². The van der Waals surface area contributed by atoms with E-state index in [9.17, 15) is 0 Å². The third-order valence-electron chi connectivity index (χ3n) is 6.47. The molecule has 124 valence electrons. The molecule has 0 amide bonds. The van der Waals surface area contributed by atoms with Crippen LogP contribution in [0.5, 0.6) is 0 Å². The summed E-state index contributed by atoms with van der Waals surface area (Å²) in [6.45, 7) is 7.09. The number of nitrogens with two attached hydrogens (primary N) is 1. The highest BCUT2D eigenvalue weighted by Gasteiger charge is 2.47. The van der Waals surface area contributed by atoms with E-state index in [4.69, 9.17) is 10.6 Å². The summed E-state index contributed by atoms with van der Waals surface area (Å²) in [5.41, 5.74) is 3.59. The van der Waals surface area contributed by atoms with Gasteiger partial charge in [0.25, 0.3) is 0 Å². The largest absolute Gasteiger partial charge is 0.377 e. The van der Waals surface area contributed by atoms with Gasteiger partial charge in [-0.05, 0) is 55.8 Å². The Kier molecular flexibility index (Phi) is 5.72. The molecule has 2 saturated carbocycles. The van der Waals surface area contributed by atoms with E-state index in [1.807, 2.05) is 7.11 Å². The molecule has 2 aliphatic carbocycles. The van der Waals surface area contributed by atoms with Gasteiger partial charge in [0.15, 0.2) is 0 Å². The van der Waals surface area contributed by atoms with E-state index in [-0.39, 0.29) is 5.60 Å². The van der Waals surface area contributed by atoms with Crippen molar-refractivity contribution in [3.8, 4) is 0 Å². The van der Waals surface area contributed by atoms with E-state index in [2.05, 4.69) is 26.2 Å². The molecule has 2 rings (SSSR count). The Labute approximate surface area is 131 Å². The first-order chi connectivity index (χ1) is 9.96. The quantitative estimate of drug-likeness (QED) is 0.595. The number of hydrazine groups is 1. The first kappa shape index (κ1) is 17.2. The molecule has 3 nitrogen and oxygen atoms in total. The maximum atomic E-state index is 6.10. The van der Waals surface area contributed by atoms with Crippen molar-refractivity contribution in [2.75, 3.05) is 7.11 Å². The Morgan fingerprint density at radius 1 is 1.19 bits per heavy atom. The van der Waals surface area contributed by atoms with Crippen LogP contribution in [0, 0.1) is 17.3 Å². The Morgan fingerprint density at radius 3 is 2.38 bits per heavy atom. The van der Waals surface area contributed by atoms with Gasteiger partial charge in [-0.2, -0.15) is 0 Å². The van der Waals surface area contributed by atoms with Gasteiger partial charge in [0.05, 0.1) is 11.6 Å². The number of hydrogen-bond donors (Lipinski definition) is 2. The van der Waals surface area contributed by atoms with Gasteiger partial charge in [-0.3, -0.25) is 11.3 Å². The molecule has 0 aromatic heterocycles. The zero-order valence-electron chi connectivity index (χ0n) is 14.6. The standard InChI is InChI=1S/C18H36N2O/c1-5-14-7-6-8-15(13-14)16(20-19)18(21-4)11-9-17(2,3)10-12-18/h14-16,20H,5-13,19H2,1-4H3. The summed E-state index contributed by atoms with van der Waals surface area (Å²) in [6, 6.07) is 0.313. The third-order valence-corrected chi connectivity index (χ3v) is 6.47. The maximum Gasteiger partial charge on any atom is 0.0847 e. The smallest absolute Gasteiger partial charge is 0.0847 e. The van der Waals surface area contributed by atoms with Gasteiger partial charge in [-0.15, -0.1) is 0 Å². The summed E-state index contributed by atoms with van der Waals surface area (Å²) in [5.74, 6) is 7.58. The van der Waals surface area contributed by atoms with E-state index in [1.165, 1.54) is 44.9 Å². The van der Waals surface area contributed by atoms with Crippen LogP contribution in [0.15, 0.2) is 0 Å². The van der Waals surface area contributed by atoms with Gasteiger partial charge in [0.2, 0.25) is 0 Å². The highest BCUT2D eigenvalue weighted by molar-refractivity contribution is 5.01. The van der Waals surface area contributed by atoms with Crippen molar-refractivity contribution in [3.63, 3.8) is 0 Å². The molecule has 0 aromatic rings. The normalized spacial score (nSPS) is 33.6. The average Bonchev–Trinajstić information content (AvgIpc) is 2.50. The van der Waals surface area contributed by atoms with Crippen LogP contribution < -0.4 is 11.3 Å². The average molecular weight is 296 g/mol. The van der Waals surface area contributed by atoms with E-state index in [0.29, 0.717) is 17.4 Å². The molecule has 0 radical (unpaired) electrons. The zero-order chi connectivity index (χ0) is 15.5. The SMILES string of the molecule is CCC1CCCC(C(NN)C2(OC)CCC(C)(C)CC2)C1. The zero-order valence-corrected chi connectivity index (χ0v) is 14.6. The van der Waals surface area contributed by atoms with Gasteiger partial charge in [0, 0.05) is 7.11 Å². The minimum absolute atomic E-state index is 0.0510. The second-order valence-corrected chi connectivity index (χ2v) is 8.28. The number of ether oxygens (including phenoxy) is 1. The molecule has 0 spiro atoms. The van der Waals surface area contributed by atoms with Gasteiger partial charge >= 0.3 is 0 Å². The van der Waals surface area contributed by atoms with Crippen LogP contribution in [0.1, 0.15) is 78.6 Å². The van der Waals surface area contributed by atoms with Gasteiger partial charge in [-0.25, -0.2) is 0 Å². The number of hydrogen-bond acceptors (Lipinski definition) is 3. The molecule has 3 atom stereocenters. The highest BCUT2D eigenvalue weighted by atomic mass is 16.5. The van der Waals surface area contributed by atoms with Crippen LogP contribution in [0.2, 0.25) is 0 Å². The van der Waals surface area contributed by atoms with Crippen molar-refractivity contribution in [2.45, 2.75) is 90.2 Å². The molecule has 3 heteroatoms. The van der Waals surface area contributed by atoms with E-state index in [0.717, 1.165) is 18.8 Å². The first-order valence-electron chi connectivity index (χ1n) is 8.97. The van der Waals surface area contributed by atoms with Crippen molar-refractivity contribution in [2.24, 2.45) is 23.1 Å². The van der Waals surface area contributed by atoms with Crippen molar-refractivity contribution in [1.29, 1.82) is 0 Å². The fourth-order valence-corrected chi connectivity index (χ4v) is 4.72. The monoisotopic (exact) mass is 296 g/mol. The highest BCUT2D eigenvalue weighted by Crippen LogP contribution is 2.46. The summed E-state index contributed by atoms with van der Waals surface area (Å²) >= 11 is 0. The molecule has 0 aromatic carbocycles. The molecular formula is C18H36N2O. The van der Waals surface area contributed by atoms with Gasteiger partial charge < -0.3 is 4.74 Å². The maximum absolute atomic E-state index is 6.10. The third kappa shape index (κ3) is 3.80. The summed E-state index contributed by atoms with van der Waals surface area (Å²) < 4.78 is 6.10. The molecule has 2 fully saturated rings. The summed E-state index contributed by atoms with van der Waals surface area (Å²) in [6.07, 6.45) is 11.4. The predicted molar refractivity (Wildman–Crippen MR) is 88.8 cm³/mol. The Morgan fingerprint density at radius 2 is 1.86 bits per heavy atom. The predicted octanol–water partition coefficient (Wildman–Crippen LogP) is 4.02. The topological polar surface area (TPSA) is 47.3 Å². The number of methoxy groups -OCH3 is 1. The van der Waals surface area contributed by atoms with Crippen LogP contribution in [-0.2, 0) is 4.74 Å². The first-order valence-corrected chi connectivity index (χ1v) is 8.97. The van der Waals surface area contributed by atoms with Crippen LogP contribution in [0.4, 0.5) is 0 Å². The van der Waals surface area contributed by atoms with Crippen LogP contribution in [0.25, 0.3) is 0 Å². The fourth-order valence-electron chi connectivity index (χ4n) is 4.72. The van der Waals surface area contributed by atoms with E-state index in [1.54, 1.807) is 0 Å². The van der Waals surface area contributed by atoms with Crippen LogP contribution >= 0.6 is 0 Å². The van der Waals surface area contributed by atoms with Crippen LogP contribution in [-0.4, -0.2) is 18.8 Å². The molecule has 0 saturated heterocycles. The minimum Gasteiger partial charge on any atom is -0.377 e. The second-order valence-electron chi connectivity index (χ2n) is 8.28. The summed E-state index contributed by atoms with van der Waals surface area (Å²) in [4.78, 5) is 0. The Hall–Kier alpha value is -0.120. The van der Waals surface area contributed by atoms with Crippen molar-refractivity contribution < 1.29 is 4.74 Å². The molecular weight excluding hydrogens is 260 g/mol. The molecule has 0 bridgehead atoms. The lowest BCUT2D eigenvalue weighted by Gasteiger charge is -2.50. The summed E-state index contributed by atoms with van der Waals surface area (Å²) in [5, 5.41) is 0. The number of rotatable bonds is 5. The van der Waals surface area contributed by atoms with E-state index >= 15 is 0 Å². The lowest BCUT2D eigenvalue weighted by atomic mass is 9.64. The second kappa shape index (κ2) is 6.97. The molecule has 21 heavy (non-hydrogen) atoms. The lowest BCUT2D eigenvalue weighted by molar-refractivity contribution is -0.104. The minimum atomic E-state index is -0.0510. The van der Waals surface area contributed by atoms with Crippen molar-refractivity contribution >= 4 is 0 Å². The Bertz CT molecular complexity index is 319. The molecule has 0 aliphatic heterocycles. The molecule has 2 aliphatic rings. The molecule has 0 heterocycles. The van der Waals surface area contributed by atoms with E-state index < -0.39 is 0 Å². The fraction of sp³-hybridized carbons (Fsp3) is 1.00. The molecule has 3 N–H and O–H groups in total. The number of nitrogens with one attached hydrogen (secondary N) is 1. The molecule has 3 unspecified atom stereocenters. The Balaban J connectivity index is 2.10. The van der Waals surface area contributed by atoms with Crippen molar-refractivity contribution in [1.82, 2.24) is 5.43 Å². The van der Waals surface area contributed by atoms with Gasteiger partial charge in [-0.1, -0.05) is 40.0 Å². The lowest BCUT2D eigenvalue weighted by Crippen LogP contribution is -2.60. The summed E-state index contributed by atoms with van der Waals surface area (Å²) in [7, 11) is 1.89. The van der Waals surface area contributed by atoms with Gasteiger partial charge in [0.1, 0.15) is 0 Å². The van der Waals surface area contributed by atoms with Crippen molar-refractivity contribution in [3.05, 3.63) is 0 Å².